The Hall–Kier alpha value is -3.39. The lowest BCUT2D eigenvalue weighted by atomic mass is 10.00. The molecule has 1 unspecified atom stereocenters. The highest BCUT2D eigenvalue weighted by molar-refractivity contribution is 7.13. The molecule has 1 aromatic heterocycles. The van der Waals surface area contributed by atoms with Crippen molar-refractivity contribution in [3.05, 3.63) is 107 Å². The van der Waals surface area contributed by atoms with Gasteiger partial charge in [0, 0.05) is 29.2 Å². The Labute approximate surface area is 188 Å². The second kappa shape index (κ2) is 8.63. The fourth-order valence-electron chi connectivity index (χ4n) is 4.12. The summed E-state index contributed by atoms with van der Waals surface area (Å²) < 4.78 is 14.3. The van der Waals surface area contributed by atoms with E-state index < -0.39 is 12.3 Å². The van der Waals surface area contributed by atoms with Crippen LogP contribution in [0.15, 0.2) is 84.4 Å². The summed E-state index contributed by atoms with van der Waals surface area (Å²) >= 11 is 1.34. The smallest absolute Gasteiger partial charge is 0.248 e. The van der Waals surface area contributed by atoms with E-state index in [0.717, 1.165) is 11.1 Å². The van der Waals surface area contributed by atoms with Gasteiger partial charge in [0.1, 0.15) is 18.1 Å². The Morgan fingerprint density at radius 1 is 1.12 bits per heavy atom. The lowest BCUT2D eigenvalue weighted by Gasteiger charge is -2.29. The van der Waals surface area contributed by atoms with Crippen LogP contribution in [-0.4, -0.2) is 20.9 Å². The number of nitrogens with one attached hydrogen (secondary N) is 1. The molecule has 4 aromatic rings. The number of hydrogen-bond donors (Lipinski definition) is 2. The molecule has 0 spiro atoms. The highest BCUT2D eigenvalue weighted by atomic mass is 32.1. The van der Waals surface area contributed by atoms with Gasteiger partial charge in [0.2, 0.25) is 5.91 Å². The van der Waals surface area contributed by atoms with Crippen molar-refractivity contribution in [2.24, 2.45) is 0 Å². The first-order valence-corrected chi connectivity index (χ1v) is 11.1. The minimum Gasteiger partial charge on any atom is -0.374 e. The number of nitrogens with zero attached hydrogens (tertiary/aromatic N) is 2. The summed E-state index contributed by atoms with van der Waals surface area (Å²) in [7, 11) is 0. The Morgan fingerprint density at radius 3 is 2.66 bits per heavy atom. The van der Waals surface area contributed by atoms with Crippen molar-refractivity contribution < 1.29 is 14.3 Å². The third-order valence-corrected chi connectivity index (χ3v) is 6.32. The second-order valence-corrected chi connectivity index (χ2v) is 8.47. The number of halogens is 1. The summed E-state index contributed by atoms with van der Waals surface area (Å²) in [6.07, 6.45) is 0.617. The van der Waals surface area contributed by atoms with E-state index in [0.29, 0.717) is 28.4 Å². The molecule has 5 rings (SSSR count). The zero-order valence-electron chi connectivity index (χ0n) is 17.0. The Balaban J connectivity index is 1.49. The molecular weight excluding hydrogens is 425 g/mol. The summed E-state index contributed by atoms with van der Waals surface area (Å²) in [6, 6.07) is 20.7. The summed E-state index contributed by atoms with van der Waals surface area (Å²) in [6.45, 7) is 0.388. The van der Waals surface area contributed by atoms with Crippen molar-refractivity contribution in [2.75, 3.05) is 5.32 Å². The second-order valence-electron chi connectivity index (χ2n) is 7.58. The summed E-state index contributed by atoms with van der Waals surface area (Å²) in [4.78, 5) is 19.2. The van der Waals surface area contributed by atoms with Crippen LogP contribution in [0.5, 0.6) is 0 Å². The molecule has 7 heteroatoms. The third kappa shape index (κ3) is 3.82. The molecule has 1 aliphatic heterocycles. The van der Waals surface area contributed by atoms with Crippen molar-refractivity contribution >= 4 is 22.4 Å². The van der Waals surface area contributed by atoms with Gasteiger partial charge in [-0.25, -0.2) is 9.37 Å². The van der Waals surface area contributed by atoms with Crippen LogP contribution in [0.4, 0.5) is 9.52 Å². The highest BCUT2D eigenvalue weighted by Gasteiger charge is 2.38. The normalized spacial score (nSPS) is 16.5. The minimum atomic E-state index is -1.01. The number of fused-ring (bicyclic) bond motifs is 1. The van der Waals surface area contributed by atoms with Crippen LogP contribution >= 0.6 is 11.3 Å². The third-order valence-electron chi connectivity index (χ3n) is 5.63. The molecule has 2 N–H and O–H groups in total. The first-order valence-electron chi connectivity index (χ1n) is 10.2. The molecule has 0 bridgehead atoms. The number of amides is 1. The van der Waals surface area contributed by atoms with Crippen LogP contribution in [0.1, 0.15) is 29.0 Å². The van der Waals surface area contributed by atoms with Gasteiger partial charge in [0.05, 0.1) is 0 Å². The molecule has 0 aliphatic carbocycles. The molecule has 3 aromatic carbocycles. The molecule has 5 nitrogen and oxygen atoms in total. The van der Waals surface area contributed by atoms with E-state index in [2.05, 4.69) is 10.3 Å². The molecule has 1 aliphatic rings. The SMILES string of the molecule is O=C(Nc1nccs1)[C@H](c1ccccc1)N1Cc2ccc(-c3ccccc3F)cc2C1O. The molecule has 1 amide bonds. The van der Waals surface area contributed by atoms with Crippen molar-refractivity contribution in [3.8, 4) is 11.1 Å². The maximum atomic E-state index is 14.3. The van der Waals surface area contributed by atoms with Crippen molar-refractivity contribution in [1.29, 1.82) is 0 Å². The highest BCUT2D eigenvalue weighted by Crippen LogP contribution is 2.40. The average Bonchev–Trinajstić information content (AvgIpc) is 3.43. The number of benzene rings is 3. The number of aliphatic hydroxyl groups is 1. The Morgan fingerprint density at radius 2 is 1.91 bits per heavy atom. The fraction of sp³-hybridized carbons (Fsp3) is 0.120. The molecule has 0 fully saturated rings. The van der Waals surface area contributed by atoms with E-state index in [1.165, 1.54) is 17.4 Å². The van der Waals surface area contributed by atoms with Crippen molar-refractivity contribution in [2.45, 2.75) is 18.8 Å². The number of carbonyl (C=O) groups excluding carboxylic acids is 1. The minimum absolute atomic E-state index is 0.271. The van der Waals surface area contributed by atoms with E-state index in [1.54, 1.807) is 40.7 Å². The zero-order valence-corrected chi connectivity index (χ0v) is 17.8. The van der Waals surface area contributed by atoms with E-state index in [-0.39, 0.29) is 11.7 Å². The predicted octanol–water partition coefficient (Wildman–Crippen LogP) is 5.14. The summed E-state index contributed by atoms with van der Waals surface area (Å²) in [5.41, 5.74) is 3.50. The molecular formula is C25H20FN3O2S. The zero-order chi connectivity index (χ0) is 22.1. The van der Waals surface area contributed by atoms with Crippen LogP contribution in [0.2, 0.25) is 0 Å². The van der Waals surface area contributed by atoms with Crippen LogP contribution in [0.3, 0.4) is 0 Å². The average molecular weight is 446 g/mol. The lowest BCUT2D eigenvalue weighted by Crippen LogP contribution is -2.36. The first-order chi connectivity index (χ1) is 15.6. The van der Waals surface area contributed by atoms with Crippen LogP contribution in [0.25, 0.3) is 11.1 Å². The Bertz CT molecular complexity index is 1250. The molecule has 2 atom stereocenters. The van der Waals surface area contributed by atoms with Gasteiger partial charge in [0.15, 0.2) is 5.13 Å². The van der Waals surface area contributed by atoms with Gasteiger partial charge in [-0.05, 0) is 28.8 Å². The molecule has 32 heavy (non-hydrogen) atoms. The maximum absolute atomic E-state index is 14.3. The maximum Gasteiger partial charge on any atom is 0.248 e. The van der Waals surface area contributed by atoms with Crippen molar-refractivity contribution in [1.82, 2.24) is 9.88 Å². The van der Waals surface area contributed by atoms with E-state index in [9.17, 15) is 14.3 Å². The predicted molar refractivity (Wildman–Crippen MR) is 122 cm³/mol. The lowest BCUT2D eigenvalue weighted by molar-refractivity contribution is -0.126. The van der Waals surface area contributed by atoms with Gasteiger partial charge in [-0.1, -0.05) is 60.7 Å². The van der Waals surface area contributed by atoms with Gasteiger partial charge < -0.3 is 10.4 Å². The quantitative estimate of drug-likeness (QED) is 0.447. The number of rotatable bonds is 5. The van der Waals surface area contributed by atoms with Crippen LogP contribution < -0.4 is 5.32 Å². The summed E-state index contributed by atoms with van der Waals surface area (Å²) in [5, 5.41) is 16.4. The van der Waals surface area contributed by atoms with E-state index >= 15 is 0 Å². The fourth-order valence-corrected chi connectivity index (χ4v) is 4.66. The van der Waals surface area contributed by atoms with Crippen LogP contribution in [0, 0.1) is 5.82 Å². The number of aliphatic hydroxyl groups excluding tert-OH is 1. The van der Waals surface area contributed by atoms with Gasteiger partial charge in [-0.2, -0.15) is 0 Å². The first kappa shape index (κ1) is 20.5. The van der Waals surface area contributed by atoms with Gasteiger partial charge in [-0.3, -0.25) is 9.69 Å². The van der Waals surface area contributed by atoms with E-state index in [4.69, 9.17) is 0 Å². The monoisotopic (exact) mass is 445 g/mol. The number of anilines is 1. The standard InChI is InChI=1S/C25H20FN3O2S/c26-21-9-5-4-8-19(21)17-10-11-18-15-29(24(31)20(18)14-17)22(16-6-2-1-3-7-16)23(30)28-25-27-12-13-32-25/h1-14,22,24,31H,15H2,(H,27,28,30)/t22-,24?/m0/s1. The number of thiazole rings is 1. The van der Waals surface area contributed by atoms with Gasteiger partial charge in [-0.15, -0.1) is 11.3 Å². The molecule has 0 saturated heterocycles. The molecule has 2 heterocycles. The molecule has 0 saturated carbocycles. The van der Waals surface area contributed by atoms with Gasteiger partial charge in [0.25, 0.3) is 0 Å². The summed E-state index contributed by atoms with van der Waals surface area (Å²) in [5.74, 6) is -0.589. The largest absolute Gasteiger partial charge is 0.374 e. The molecule has 160 valence electrons. The number of carbonyl (C=O) groups is 1. The van der Waals surface area contributed by atoms with Crippen LogP contribution in [-0.2, 0) is 11.3 Å². The topological polar surface area (TPSA) is 65.5 Å². The van der Waals surface area contributed by atoms with Gasteiger partial charge >= 0.3 is 0 Å². The number of aromatic nitrogens is 1. The molecule has 0 radical (unpaired) electrons. The number of hydrogen-bond acceptors (Lipinski definition) is 5. The van der Waals surface area contributed by atoms with Crippen molar-refractivity contribution in [3.63, 3.8) is 0 Å². The van der Waals surface area contributed by atoms with E-state index in [1.807, 2.05) is 42.5 Å². The Kier molecular flexibility index (Phi) is 5.53.